The molecule has 11 bridgehead atoms. The van der Waals surface area contributed by atoms with Crippen LogP contribution < -0.4 is 79.3 Å². The van der Waals surface area contributed by atoms with E-state index in [1.54, 1.807) is 26.0 Å². The zero-order valence-electron chi connectivity index (χ0n) is 71.7. The molecule has 1 unspecified atom stereocenters. The molecule has 3 saturated heterocycles. The Morgan fingerprint density at radius 2 is 1.29 bits per heavy atom. The van der Waals surface area contributed by atoms with Crippen LogP contribution in [0.25, 0.3) is 22.3 Å². The highest BCUT2D eigenvalue weighted by Crippen LogP contribution is 2.51. The summed E-state index contributed by atoms with van der Waals surface area (Å²) in [5.41, 5.74) is 16.5. The molecule has 15 rings (SSSR count). The quantitative estimate of drug-likeness (QED) is 0.0408. The van der Waals surface area contributed by atoms with E-state index < -0.39 is 261 Å². The van der Waals surface area contributed by atoms with Crippen molar-refractivity contribution < 1.29 is 127 Å². The van der Waals surface area contributed by atoms with Crippen LogP contribution in [0, 0.1) is 3.57 Å². The standard InChI is InChI=1S/C89H102Cl3IN12O26S/c1-37(107)23-54(97-6)80(117)104-70-72(112)44-14-19-57(51(91)25-44)126-59-27-46-28-60(76(59)131-87-77(74(114)73(113)61(35-106)128-87)130-65-33-89(5,79(116)39(3)125-65)99-34-40-7-9-41(10-8-40)42-11-16-47(90)17-12-42)127-58-20-15-45(26-52(58)92)75(129-64-32-88(4,96)78(115)38(2)124-64)71-85(122)103-69(86(123)132-36-63(111)98-22-21-94)50-29-48(108)30-56(109)66(50)49-24-43(13-18-53(49)93)67(82(119)105-71)102-83(120)68(46)101-81(118)55(31-62(95)110)100-84(70)121/h7-20,24-30,37-39,54-55,61,64-65,67-75,77-79,87,97,99,106-109,112-116H,21-23,31-36,94,96H2,1-6H3,(H2,95,110)(H,98,111)(H,100,121)(H,101,118)(H,102,120)(H,103,122)(H,104,117)(H,105,119)/t37?,38-,39-,54+,55-,61+,64-,65-,67+,68+,69+,70+,71-,72+,73+,74-,75+,77+,78-,79-,87-,88-,89-/m0/s1. The second kappa shape index (κ2) is 42.5. The van der Waals surface area contributed by atoms with Gasteiger partial charge in [-0.05, 0) is 187 Å². The summed E-state index contributed by atoms with van der Waals surface area (Å²) in [7, 11) is 1.37. The molecule has 0 saturated carbocycles. The Hall–Kier alpha value is -9.72. The number of nitrogens with one attached hydrogen (secondary N) is 9. The highest BCUT2D eigenvalue weighted by Gasteiger charge is 2.53. The number of ether oxygens (including phenoxy) is 8. The van der Waals surface area contributed by atoms with Crippen LogP contribution in [-0.2, 0) is 73.4 Å². The molecule has 0 radical (unpaired) electrons. The predicted octanol–water partition coefficient (Wildman–Crippen LogP) is 3.37. The minimum Gasteiger partial charge on any atom is -0.508 e. The summed E-state index contributed by atoms with van der Waals surface area (Å²) in [6.07, 6.45) is -24.6. The molecule has 8 aliphatic heterocycles. The summed E-state index contributed by atoms with van der Waals surface area (Å²) in [5, 5.41) is 129. The van der Waals surface area contributed by atoms with Gasteiger partial charge >= 0.3 is 0 Å². The number of likely N-dealkylation sites (N-methyl/N-ethyl adjacent to an activating group) is 1. The lowest BCUT2D eigenvalue weighted by molar-refractivity contribution is -0.334. The molecule has 0 spiro atoms. The maximum atomic E-state index is 16.7. The number of benzene rings is 7. The van der Waals surface area contributed by atoms with Crippen LogP contribution >= 0.6 is 69.2 Å². The van der Waals surface area contributed by atoms with E-state index in [9.17, 15) is 60.3 Å². The SMILES string of the molecule is CN[C@H](CC(C)O)C(=O)N[C@H]1C(=O)N[C@@H](CC(N)=O)C(=O)N[C@H]2C(=O)N[C@H]3C(=O)N[C@H](C(=O)N[C@@H](C(=O)SCC(=O)NCCN)c4cc(O)cc(O)c4-c4cc3ccc4I)[C@H](O[C@H]3C[C@](C)(N)[C@@H](O)[C@H](C)O3)c3ccc(c(Cl)c3)Oc3cc2cc(c3O[C@@H]2O[C@H](CO)[C@@H](O)[C@H](O)[C@H]2O[C@H]2C[C@](C)(NCc3ccc(-c4ccc(Cl)cc4)cc3)[C@@H](O)[C@H](C)O2)Oc2ccc(cc2Cl)[C@H]1O. The number of carbonyl (C=O) groups excluding carboxylic acids is 9. The van der Waals surface area contributed by atoms with Crippen molar-refractivity contribution in [3.8, 4) is 62.5 Å². The van der Waals surface area contributed by atoms with Crippen LogP contribution in [0.3, 0.4) is 0 Å². The van der Waals surface area contributed by atoms with Gasteiger partial charge in [0, 0.05) is 63.8 Å². The number of phenolic OH excluding ortho intramolecular Hbond substituents is 2. The highest BCUT2D eigenvalue weighted by molar-refractivity contribution is 14.1. The molecule has 8 aliphatic rings. The molecule has 132 heavy (non-hydrogen) atoms. The van der Waals surface area contributed by atoms with Gasteiger partial charge in [0.25, 0.3) is 0 Å². The average molecular weight is 2020 g/mol. The maximum absolute atomic E-state index is 16.7. The third kappa shape index (κ3) is 22.7. The molecule has 7 aromatic carbocycles. The highest BCUT2D eigenvalue weighted by atomic mass is 127. The van der Waals surface area contributed by atoms with E-state index in [4.69, 9.17) is 89.9 Å². The zero-order valence-corrected chi connectivity index (χ0v) is 77.0. The fourth-order valence-electron chi connectivity index (χ4n) is 16.5. The first-order valence-electron chi connectivity index (χ1n) is 42.0. The molecule has 708 valence electrons. The summed E-state index contributed by atoms with van der Waals surface area (Å²) >= 11 is 23.2. The van der Waals surface area contributed by atoms with Crippen LogP contribution in [0.2, 0.25) is 15.1 Å². The number of carbonyl (C=O) groups is 9. The molecule has 0 aliphatic carbocycles. The van der Waals surface area contributed by atoms with Crippen molar-refractivity contribution >= 4 is 122 Å². The predicted molar refractivity (Wildman–Crippen MR) is 485 cm³/mol. The Morgan fingerprint density at radius 3 is 1.91 bits per heavy atom. The van der Waals surface area contributed by atoms with Crippen molar-refractivity contribution in [1.29, 1.82) is 0 Å². The number of aliphatic hydroxyl groups excluding tert-OH is 7. The minimum absolute atomic E-state index is 0.00376. The number of thioether (sulfide) groups is 1. The van der Waals surface area contributed by atoms with E-state index in [2.05, 4.69) is 47.9 Å². The molecule has 38 nitrogen and oxygen atoms in total. The summed E-state index contributed by atoms with van der Waals surface area (Å²) in [6, 6.07) is 16.0. The molecule has 8 heterocycles. The van der Waals surface area contributed by atoms with E-state index in [1.807, 2.05) is 59.0 Å². The Kier molecular flexibility index (Phi) is 32.1. The van der Waals surface area contributed by atoms with Gasteiger partial charge in [-0.1, -0.05) is 101 Å². The van der Waals surface area contributed by atoms with Crippen molar-refractivity contribution in [2.45, 2.75) is 206 Å². The number of hydrogen-bond donors (Lipinski definition) is 21. The van der Waals surface area contributed by atoms with Gasteiger partial charge in [0.15, 0.2) is 30.2 Å². The molecule has 23 atom stereocenters. The molecular weight excluding hydrogens is 1920 g/mol. The summed E-state index contributed by atoms with van der Waals surface area (Å²) in [4.78, 5) is 137. The number of fused-ring (bicyclic) bond motifs is 15. The Morgan fingerprint density at radius 1 is 0.682 bits per heavy atom. The van der Waals surface area contributed by atoms with Crippen LogP contribution in [0.1, 0.15) is 124 Å². The maximum Gasteiger partial charge on any atom is 0.248 e. The molecular formula is C89H102Cl3IN12O26S. The average Bonchev–Trinajstić information content (AvgIpc) is 0.747. The topological polar surface area (TPSA) is 596 Å². The van der Waals surface area contributed by atoms with Crippen molar-refractivity contribution in [3.63, 3.8) is 0 Å². The molecule has 24 N–H and O–H groups in total. The number of halogens is 4. The molecule has 0 aromatic heterocycles. The Balaban J connectivity index is 1.02. The lowest BCUT2D eigenvalue weighted by atomic mass is 9.84. The van der Waals surface area contributed by atoms with Gasteiger partial charge < -0.3 is 149 Å². The smallest absolute Gasteiger partial charge is 0.248 e. The third-order valence-corrected chi connectivity index (χ3v) is 26.3. The fourth-order valence-corrected chi connectivity index (χ4v) is 18.4. The lowest BCUT2D eigenvalue weighted by Crippen LogP contribution is -2.65. The van der Waals surface area contributed by atoms with Gasteiger partial charge in [-0.3, -0.25) is 43.2 Å². The number of phenols is 2. The second-order valence-corrected chi connectivity index (χ2v) is 36.9. The number of primary amides is 1. The normalized spacial score (nSPS) is 29.0. The third-order valence-electron chi connectivity index (χ3n) is 23.6. The van der Waals surface area contributed by atoms with Crippen LogP contribution in [-0.4, -0.2) is 240 Å². The number of aliphatic hydroxyl groups is 7. The second-order valence-electron chi connectivity index (χ2n) is 33.5. The van der Waals surface area contributed by atoms with Crippen LogP contribution in [0.5, 0.6) is 40.2 Å². The van der Waals surface area contributed by atoms with Gasteiger partial charge in [0.05, 0.1) is 65.4 Å². The summed E-state index contributed by atoms with van der Waals surface area (Å²) in [5.74, 6) is -14.4. The first-order chi connectivity index (χ1) is 62.6. The molecule has 8 amide bonds. The van der Waals surface area contributed by atoms with Crippen molar-refractivity contribution in [2.75, 3.05) is 32.5 Å². The van der Waals surface area contributed by atoms with Crippen molar-refractivity contribution in [1.82, 2.24) is 47.9 Å². The van der Waals surface area contributed by atoms with Crippen molar-refractivity contribution in [3.05, 3.63) is 179 Å². The van der Waals surface area contributed by atoms with E-state index >= 15 is 28.8 Å². The Labute approximate surface area is 789 Å². The van der Waals surface area contributed by atoms with Crippen LogP contribution in [0.15, 0.2) is 127 Å². The number of hydrogen-bond acceptors (Lipinski definition) is 31. The largest absolute Gasteiger partial charge is 0.508 e. The molecule has 43 heteroatoms. The first-order valence-corrected chi connectivity index (χ1v) is 45.2. The molecule has 3 fully saturated rings. The van der Waals surface area contributed by atoms with Crippen molar-refractivity contribution in [2.24, 2.45) is 17.2 Å². The van der Waals surface area contributed by atoms with Gasteiger partial charge in [-0.15, -0.1) is 0 Å². The van der Waals surface area contributed by atoms with Gasteiger partial charge in [0.1, 0.15) is 89.8 Å². The van der Waals surface area contributed by atoms with E-state index in [1.165, 1.54) is 76.3 Å². The van der Waals surface area contributed by atoms with E-state index in [0.717, 1.165) is 47.0 Å². The zero-order chi connectivity index (χ0) is 95.4. The Bertz CT molecular complexity index is 5490. The number of amides is 8. The van der Waals surface area contributed by atoms with Gasteiger partial charge in [-0.25, -0.2) is 0 Å². The number of nitrogens with two attached hydrogens (primary N) is 3. The fraction of sp³-hybridized carbons (Fsp3) is 0.427. The number of rotatable bonds is 23. The van der Waals surface area contributed by atoms with E-state index in [0.29, 0.717) is 16.8 Å². The first kappa shape index (κ1) is 99.7. The van der Waals surface area contributed by atoms with Crippen LogP contribution in [0.4, 0.5) is 0 Å². The molecule has 7 aromatic rings. The summed E-state index contributed by atoms with van der Waals surface area (Å²) < 4.78 is 53.6. The van der Waals surface area contributed by atoms with E-state index in [-0.39, 0.29) is 81.6 Å². The monoisotopic (exact) mass is 2020 g/mol. The van der Waals surface area contributed by atoms with Gasteiger partial charge in [0.2, 0.25) is 64.4 Å². The minimum atomic E-state index is -2.39. The lowest BCUT2D eigenvalue weighted by Gasteiger charge is -2.48. The number of aromatic hydroxyl groups is 2. The summed E-state index contributed by atoms with van der Waals surface area (Å²) in [6.45, 7) is 6.86. The van der Waals surface area contributed by atoms with Gasteiger partial charge in [-0.2, -0.15) is 0 Å².